The molecule has 0 atom stereocenters. The molecule has 0 aliphatic rings. The average molecular weight is 305 g/mol. The summed E-state index contributed by atoms with van der Waals surface area (Å²) in [5.74, 6) is 1.06. The van der Waals surface area contributed by atoms with E-state index in [1.165, 1.54) is 0 Å². The van der Waals surface area contributed by atoms with Crippen LogP contribution in [0.25, 0.3) is 34.2 Å². The Bertz CT molecular complexity index is 929. The summed E-state index contributed by atoms with van der Waals surface area (Å²) < 4.78 is 5.28. The van der Waals surface area contributed by atoms with E-state index in [-0.39, 0.29) is 5.75 Å². The van der Waals surface area contributed by atoms with Crippen molar-refractivity contribution in [2.24, 2.45) is 0 Å². The summed E-state index contributed by atoms with van der Waals surface area (Å²) in [6, 6.07) is 12.2. The quantitative estimate of drug-likeness (QED) is 0.603. The Labute approximate surface area is 130 Å². The molecule has 0 amide bonds. The number of aromatic hydroxyl groups is 1. The molecule has 4 rings (SSSR count). The monoisotopic (exact) mass is 305 g/mol. The van der Waals surface area contributed by atoms with Crippen molar-refractivity contribution < 1.29 is 9.63 Å². The number of benzene rings is 1. The lowest BCUT2D eigenvalue weighted by Crippen LogP contribution is -1.81. The Morgan fingerprint density at radius 2 is 1.74 bits per heavy atom. The molecule has 1 aromatic carbocycles. The Balaban J connectivity index is 1.65. The molecule has 112 valence electrons. The van der Waals surface area contributed by atoms with Crippen molar-refractivity contribution in [1.82, 2.24) is 25.3 Å². The molecule has 0 saturated carbocycles. The van der Waals surface area contributed by atoms with E-state index in [9.17, 15) is 5.11 Å². The van der Waals surface area contributed by atoms with Gasteiger partial charge in [-0.15, -0.1) is 0 Å². The largest absolute Gasteiger partial charge is 0.508 e. The molecule has 2 N–H and O–H groups in total. The van der Waals surface area contributed by atoms with Gasteiger partial charge < -0.3 is 9.63 Å². The molecular weight excluding hydrogens is 294 g/mol. The van der Waals surface area contributed by atoms with Crippen LogP contribution in [0.1, 0.15) is 0 Å². The van der Waals surface area contributed by atoms with E-state index in [0.29, 0.717) is 17.4 Å². The molecule has 3 aromatic heterocycles. The van der Waals surface area contributed by atoms with Gasteiger partial charge in [-0.1, -0.05) is 5.16 Å². The number of phenolic OH excluding ortho intramolecular Hbond substituents is 1. The van der Waals surface area contributed by atoms with E-state index in [4.69, 9.17) is 4.52 Å². The molecule has 7 heteroatoms. The third kappa shape index (κ3) is 2.55. The highest BCUT2D eigenvalue weighted by molar-refractivity contribution is 5.65. The number of H-pyrrole nitrogens is 1. The van der Waals surface area contributed by atoms with Crippen molar-refractivity contribution in [1.29, 1.82) is 0 Å². The fourth-order valence-electron chi connectivity index (χ4n) is 2.16. The van der Waals surface area contributed by atoms with Gasteiger partial charge in [-0.2, -0.15) is 10.1 Å². The van der Waals surface area contributed by atoms with Gasteiger partial charge in [0.25, 0.3) is 5.89 Å². The van der Waals surface area contributed by atoms with E-state index in [0.717, 1.165) is 16.8 Å². The Kier molecular flexibility index (Phi) is 3.09. The lowest BCUT2D eigenvalue weighted by atomic mass is 10.1. The number of hydrogen-bond donors (Lipinski definition) is 2. The maximum Gasteiger partial charge on any atom is 0.276 e. The van der Waals surface area contributed by atoms with E-state index in [2.05, 4.69) is 25.3 Å². The Morgan fingerprint density at radius 1 is 0.957 bits per heavy atom. The topological polar surface area (TPSA) is 101 Å². The second-order valence-electron chi connectivity index (χ2n) is 4.87. The SMILES string of the molecule is Oc1ccc(-c2cc(-c3nc(-c4ccncc4)no3)[nH]n2)cc1. The molecule has 0 radical (unpaired) electrons. The van der Waals surface area contributed by atoms with Gasteiger partial charge in [-0.25, -0.2) is 0 Å². The van der Waals surface area contributed by atoms with Crippen LogP contribution >= 0.6 is 0 Å². The summed E-state index contributed by atoms with van der Waals surface area (Å²) in [5, 5.41) is 20.4. The van der Waals surface area contributed by atoms with Crippen LogP contribution in [0.5, 0.6) is 5.75 Å². The van der Waals surface area contributed by atoms with E-state index in [1.54, 1.807) is 36.7 Å². The molecule has 0 saturated heterocycles. The molecule has 3 heterocycles. The van der Waals surface area contributed by atoms with Crippen LogP contribution in [0.4, 0.5) is 0 Å². The minimum Gasteiger partial charge on any atom is -0.508 e. The maximum absolute atomic E-state index is 9.33. The molecule has 0 aliphatic carbocycles. The first-order chi connectivity index (χ1) is 11.3. The number of aromatic nitrogens is 5. The van der Waals surface area contributed by atoms with Gasteiger partial charge in [-0.05, 0) is 42.5 Å². The number of rotatable bonds is 3. The van der Waals surface area contributed by atoms with Crippen LogP contribution in [0, 0.1) is 0 Å². The highest BCUT2D eigenvalue weighted by Gasteiger charge is 2.13. The molecule has 4 aromatic rings. The highest BCUT2D eigenvalue weighted by Crippen LogP contribution is 2.25. The smallest absolute Gasteiger partial charge is 0.276 e. The first-order valence-corrected chi connectivity index (χ1v) is 6.89. The zero-order valence-electron chi connectivity index (χ0n) is 11.8. The summed E-state index contributed by atoms with van der Waals surface area (Å²) in [4.78, 5) is 8.31. The standard InChI is InChI=1S/C16H11N5O2/c22-12-3-1-10(2-4-12)13-9-14(20-19-13)16-18-15(21-23-16)11-5-7-17-8-6-11/h1-9,22H,(H,19,20). The number of aromatic amines is 1. The van der Waals surface area contributed by atoms with Crippen molar-refractivity contribution in [3.05, 3.63) is 54.9 Å². The molecule has 0 fully saturated rings. The molecular formula is C16H11N5O2. The van der Waals surface area contributed by atoms with Gasteiger partial charge >= 0.3 is 0 Å². The summed E-state index contributed by atoms with van der Waals surface area (Å²) in [6.07, 6.45) is 3.34. The number of nitrogens with zero attached hydrogens (tertiary/aromatic N) is 4. The molecule has 0 bridgehead atoms. The minimum absolute atomic E-state index is 0.211. The second kappa shape index (κ2) is 5.38. The van der Waals surface area contributed by atoms with Crippen molar-refractivity contribution >= 4 is 0 Å². The van der Waals surface area contributed by atoms with Crippen LogP contribution in [0.3, 0.4) is 0 Å². The zero-order chi connectivity index (χ0) is 15.6. The summed E-state index contributed by atoms with van der Waals surface area (Å²) in [5.41, 5.74) is 3.05. The van der Waals surface area contributed by atoms with Crippen molar-refractivity contribution in [2.75, 3.05) is 0 Å². The van der Waals surface area contributed by atoms with E-state index in [1.807, 2.05) is 18.2 Å². The Hall–Kier alpha value is -3.48. The lowest BCUT2D eigenvalue weighted by Gasteiger charge is -1.95. The van der Waals surface area contributed by atoms with Crippen LogP contribution in [0.2, 0.25) is 0 Å². The fraction of sp³-hybridized carbons (Fsp3) is 0. The predicted octanol–water partition coefficient (Wildman–Crippen LogP) is 2.89. The van der Waals surface area contributed by atoms with Crippen molar-refractivity contribution in [2.45, 2.75) is 0 Å². The number of pyridine rings is 1. The van der Waals surface area contributed by atoms with Gasteiger partial charge in [0, 0.05) is 23.5 Å². The van der Waals surface area contributed by atoms with Crippen LogP contribution in [0.15, 0.2) is 59.4 Å². The molecule has 0 spiro atoms. The van der Waals surface area contributed by atoms with Crippen molar-refractivity contribution in [3.8, 4) is 40.0 Å². The third-order valence-corrected chi connectivity index (χ3v) is 3.34. The van der Waals surface area contributed by atoms with Gasteiger partial charge in [-0.3, -0.25) is 10.1 Å². The summed E-state index contributed by atoms with van der Waals surface area (Å²) >= 11 is 0. The molecule has 0 unspecified atom stereocenters. The first-order valence-electron chi connectivity index (χ1n) is 6.89. The van der Waals surface area contributed by atoms with Crippen LogP contribution in [-0.2, 0) is 0 Å². The van der Waals surface area contributed by atoms with Gasteiger partial charge in [0.2, 0.25) is 5.82 Å². The van der Waals surface area contributed by atoms with Gasteiger partial charge in [0.1, 0.15) is 11.4 Å². The summed E-state index contributed by atoms with van der Waals surface area (Å²) in [7, 11) is 0. The number of phenols is 1. The molecule has 7 nitrogen and oxygen atoms in total. The van der Waals surface area contributed by atoms with Crippen LogP contribution < -0.4 is 0 Å². The Morgan fingerprint density at radius 3 is 2.52 bits per heavy atom. The van der Waals surface area contributed by atoms with Crippen LogP contribution in [-0.4, -0.2) is 30.4 Å². The number of hydrogen-bond acceptors (Lipinski definition) is 6. The maximum atomic E-state index is 9.33. The zero-order valence-corrected chi connectivity index (χ0v) is 11.8. The first kappa shape index (κ1) is 13.2. The minimum atomic E-state index is 0.211. The normalized spacial score (nSPS) is 10.8. The van der Waals surface area contributed by atoms with E-state index < -0.39 is 0 Å². The number of nitrogens with one attached hydrogen (secondary N) is 1. The highest BCUT2D eigenvalue weighted by atomic mass is 16.5. The average Bonchev–Trinajstić information content (AvgIpc) is 3.26. The molecule has 23 heavy (non-hydrogen) atoms. The van der Waals surface area contributed by atoms with E-state index >= 15 is 0 Å². The molecule has 0 aliphatic heterocycles. The van der Waals surface area contributed by atoms with Crippen molar-refractivity contribution in [3.63, 3.8) is 0 Å². The second-order valence-corrected chi connectivity index (χ2v) is 4.87. The third-order valence-electron chi connectivity index (χ3n) is 3.34. The lowest BCUT2D eigenvalue weighted by molar-refractivity contribution is 0.431. The predicted molar refractivity (Wildman–Crippen MR) is 82.2 cm³/mol. The fourth-order valence-corrected chi connectivity index (χ4v) is 2.16. The summed E-state index contributed by atoms with van der Waals surface area (Å²) in [6.45, 7) is 0. The van der Waals surface area contributed by atoms with Gasteiger partial charge in [0.05, 0.1) is 5.69 Å². The van der Waals surface area contributed by atoms with Gasteiger partial charge in [0.15, 0.2) is 0 Å².